The Morgan fingerprint density at radius 1 is 1.12 bits per heavy atom. The molecule has 17 heavy (non-hydrogen) atoms. The molecule has 0 aliphatic carbocycles. The van der Waals surface area contributed by atoms with Crippen molar-refractivity contribution in [3.8, 4) is 0 Å². The molecule has 1 nitrogen and oxygen atoms in total. The number of unbranched alkanes of at least 4 members (excludes halogenated alkanes) is 1. The lowest BCUT2D eigenvalue weighted by Gasteiger charge is -2.02. The Morgan fingerprint density at radius 3 is 2.41 bits per heavy atom. The first-order chi connectivity index (χ1) is 8.31. The third-order valence-corrected chi connectivity index (χ3v) is 2.63. The van der Waals surface area contributed by atoms with Gasteiger partial charge in [-0.05, 0) is 35.4 Å². The average molecular weight is 227 g/mol. The first-order valence-corrected chi connectivity index (χ1v) is 6.12. The quantitative estimate of drug-likeness (QED) is 0.832. The first-order valence-electron chi connectivity index (χ1n) is 6.12. The molecule has 0 fully saturated rings. The van der Waals surface area contributed by atoms with Crippen LogP contribution in [0.2, 0.25) is 0 Å². The Hall–Kier alpha value is -1.76. The highest BCUT2D eigenvalue weighted by Crippen LogP contribution is 2.16. The average Bonchev–Trinajstić information content (AvgIpc) is 2.37. The van der Waals surface area contributed by atoms with Crippen LogP contribution in [0.15, 0.2) is 55.2 Å². The van der Waals surface area contributed by atoms with Crippen LogP contribution in [0, 0.1) is 0 Å². The smallest absolute Gasteiger partial charge is 0.0136 e. The summed E-state index contributed by atoms with van der Waals surface area (Å²) in [4.78, 5) is 0. The first kappa shape index (κ1) is 13.3. The summed E-state index contributed by atoms with van der Waals surface area (Å²) in [7, 11) is 0. The lowest BCUT2D eigenvalue weighted by atomic mass is 10.0. The van der Waals surface area contributed by atoms with Crippen molar-refractivity contribution in [1.29, 1.82) is 0 Å². The number of aryl methyl sites for hydroxylation is 1. The van der Waals surface area contributed by atoms with Crippen molar-refractivity contribution in [2.45, 2.75) is 26.2 Å². The van der Waals surface area contributed by atoms with Gasteiger partial charge in [-0.2, -0.15) is 0 Å². The van der Waals surface area contributed by atoms with Gasteiger partial charge in [0.2, 0.25) is 0 Å². The fraction of sp³-hybridized carbons (Fsp3) is 0.250. The summed E-state index contributed by atoms with van der Waals surface area (Å²) in [6.45, 7) is 5.38. The third-order valence-electron chi connectivity index (χ3n) is 2.63. The lowest BCUT2D eigenvalue weighted by Crippen LogP contribution is -1.84. The van der Waals surface area contributed by atoms with Crippen molar-refractivity contribution in [3.63, 3.8) is 0 Å². The molecular weight excluding hydrogens is 206 g/mol. The van der Waals surface area contributed by atoms with Crippen LogP contribution in [-0.2, 0) is 6.42 Å². The molecule has 0 aromatic heterocycles. The maximum Gasteiger partial charge on any atom is -0.0136 e. The summed E-state index contributed by atoms with van der Waals surface area (Å²) < 4.78 is 0. The Bertz CT molecular complexity index is 460. The zero-order valence-corrected chi connectivity index (χ0v) is 10.5. The summed E-state index contributed by atoms with van der Waals surface area (Å²) in [5.74, 6) is 0. The fourth-order valence-corrected chi connectivity index (χ4v) is 1.78. The second kappa shape index (κ2) is 7.50. The van der Waals surface area contributed by atoms with Crippen LogP contribution in [0.3, 0.4) is 0 Å². The summed E-state index contributed by atoms with van der Waals surface area (Å²) in [5, 5.41) is 2.70. The molecule has 0 spiro atoms. The topological polar surface area (TPSA) is 26.0 Å². The van der Waals surface area contributed by atoms with Crippen LogP contribution in [0.25, 0.3) is 10.8 Å². The molecule has 2 aromatic rings. The summed E-state index contributed by atoms with van der Waals surface area (Å²) in [6.07, 6.45) is 5.02. The van der Waals surface area contributed by atoms with E-state index in [-0.39, 0.29) is 0 Å². The predicted molar refractivity (Wildman–Crippen MR) is 76.9 cm³/mol. The van der Waals surface area contributed by atoms with Gasteiger partial charge in [-0.25, -0.2) is 0 Å². The Labute approximate surface area is 104 Å². The Kier molecular flexibility index (Phi) is 5.87. The van der Waals surface area contributed by atoms with Gasteiger partial charge in [0.25, 0.3) is 0 Å². The zero-order valence-electron chi connectivity index (χ0n) is 10.5. The minimum Gasteiger partial charge on any atom is -0.405 e. The molecule has 1 heteroatoms. The van der Waals surface area contributed by atoms with Crippen LogP contribution in [0.4, 0.5) is 0 Å². The highest BCUT2D eigenvalue weighted by molar-refractivity contribution is 5.82. The highest BCUT2D eigenvalue weighted by Gasteiger charge is 1.95. The van der Waals surface area contributed by atoms with E-state index in [4.69, 9.17) is 0 Å². The van der Waals surface area contributed by atoms with E-state index in [0.717, 1.165) is 0 Å². The van der Waals surface area contributed by atoms with Crippen LogP contribution in [0.1, 0.15) is 25.3 Å². The number of fused-ring (bicyclic) bond motifs is 1. The molecule has 2 aromatic carbocycles. The number of rotatable bonds is 3. The normalized spacial score (nSPS) is 9.47. The van der Waals surface area contributed by atoms with Gasteiger partial charge in [0, 0.05) is 0 Å². The van der Waals surface area contributed by atoms with Crippen molar-refractivity contribution < 1.29 is 0 Å². The minimum atomic E-state index is 1.21. The molecule has 2 N–H and O–H groups in total. The van der Waals surface area contributed by atoms with Gasteiger partial charge < -0.3 is 5.73 Å². The van der Waals surface area contributed by atoms with Gasteiger partial charge in [0.1, 0.15) is 0 Å². The van der Waals surface area contributed by atoms with E-state index in [0.29, 0.717) is 0 Å². The number of nitrogens with two attached hydrogens (primary N) is 1. The monoisotopic (exact) mass is 227 g/mol. The number of hydrogen-bond donors (Lipinski definition) is 1. The van der Waals surface area contributed by atoms with Gasteiger partial charge in [0.05, 0.1) is 0 Å². The van der Waals surface area contributed by atoms with Crippen molar-refractivity contribution >= 4 is 10.8 Å². The van der Waals surface area contributed by atoms with Gasteiger partial charge in [-0.1, -0.05) is 62.4 Å². The van der Waals surface area contributed by atoms with Crippen LogP contribution >= 0.6 is 0 Å². The van der Waals surface area contributed by atoms with E-state index in [1.165, 1.54) is 41.8 Å². The zero-order chi connectivity index (χ0) is 12.5. The maximum atomic E-state index is 4.61. The summed E-state index contributed by atoms with van der Waals surface area (Å²) in [5.41, 5.74) is 6.07. The van der Waals surface area contributed by atoms with Gasteiger partial charge in [0.15, 0.2) is 0 Å². The molecule has 90 valence electrons. The van der Waals surface area contributed by atoms with E-state index in [2.05, 4.69) is 61.7 Å². The summed E-state index contributed by atoms with van der Waals surface area (Å²) >= 11 is 0. The lowest BCUT2D eigenvalue weighted by molar-refractivity contribution is 0.796. The number of hydrogen-bond acceptors (Lipinski definition) is 1. The molecule has 0 unspecified atom stereocenters. The molecule has 0 aliphatic heterocycles. The molecule has 0 saturated heterocycles. The Balaban J connectivity index is 0.000000437. The van der Waals surface area contributed by atoms with E-state index < -0.39 is 0 Å². The minimum absolute atomic E-state index is 1.21. The largest absolute Gasteiger partial charge is 0.405 e. The second-order valence-corrected chi connectivity index (χ2v) is 4.02. The molecule has 0 atom stereocenters. The van der Waals surface area contributed by atoms with Crippen molar-refractivity contribution in [2.24, 2.45) is 5.73 Å². The van der Waals surface area contributed by atoms with Crippen LogP contribution < -0.4 is 5.73 Å². The van der Waals surface area contributed by atoms with Crippen molar-refractivity contribution in [1.82, 2.24) is 0 Å². The van der Waals surface area contributed by atoms with Crippen LogP contribution in [0.5, 0.6) is 0 Å². The molecule has 0 amide bonds. The van der Waals surface area contributed by atoms with Crippen molar-refractivity contribution in [3.05, 3.63) is 60.8 Å². The molecular formula is C16H21N. The van der Waals surface area contributed by atoms with Gasteiger partial charge >= 0.3 is 0 Å². The highest BCUT2D eigenvalue weighted by atomic mass is 14.5. The van der Waals surface area contributed by atoms with Crippen molar-refractivity contribution in [2.75, 3.05) is 0 Å². The Morgan fingerprint density at radius 2 is 1.76 bits per heavy atom. The van der Waals surface area contributed by atoms with E-state index in [9.17, 15) is 0 Å². The summed E-state index contributed by atoms with van der Waals surface area (Å²) in [6, 6.07) is 15.3. The predicted octanol–water partition coefficient (Wildman–Crippen LogP) is 4.27. The fourth-order valence-electron chi connectivity index (χ4n) is 1.78. The number of benzene rings is 2. The van der Waals surface area contributed by atoms with Gasteiger partial charge in [-0.3, -0.25) is 0 Å². The van der Waals surface area contributed by atoms with E-state index in [1.54, 1.807) is 0 Å². The van der Waals surface area contributed by atoms with E-state index in [1.807, 2.05) is 0 Å². The molecule has 0 bridgehead atoms. The van der Waals surface area contributed by atoms with Crippen LogP contribution in [-0.4, -0.2) is 0 Å². The van der Waals surface area contributed by atoms with E-state index >= 15 is 0 Å². The molecule has 0 radical (unpaired) electrons. The molecule has 0 saturated carbocycles. The third kappa shape index (κ3) is 4.31. The van der Waals surface area contributed by atoms with Gasteiger partial charge in [-0.15, -0.1) is 0 Å². The molecule has 2 rings (SSSR count). The standard InChI is InChI=1S/C14H16.C2H5N/c1-2-3-6-12-9-10-13-7-4-5-8-14(13)11-12;1-2-3/h4-5,7-11H,2-3,6H2,1H3;2H,1,3H2. The second-order valence-electron chi connectivity index (χ2n) is 4.02. The SMILES string of the molecule is C=CN.CCCCc1ccc2ccccc2c1. The molecule has 0 heterocycles. The maximum absolute atomic E-state index is 4.61. The molecule has 0 aliphatic rings.